The summed E-state index contributed by atoms with van der Waals surface area (Å²) in [4.78, 5) is 0. The Morgan fingerprint density at radius 2 is 1.94 bits per heavy atom. The molecule has 0 aromatic heterocycles. The lowest BCUT2D eigenvalue weighted by Crippen LogP contribution is -2.15. The maximum Gasteiger partial charge on any atom is 0.389 e. The van der Waals surface area contributed by atoms with Crippen LogP contribution < -0.4 is 5.73 Å². The summed E-state index contributed by atoms with van der Waals surface area (Å²) in [5, 5.41) is 0. The van der Waals surface area contributed by atoms with Crippen molar-refractivity contribution in [3.8, 4) is 0 Å². The van der Waals surface area contributed by atoms with Crippen molar-refractivity contribution in [1.29, 1.82) is 0 Å². The van der Waals surface area contributed by atoms with Gasteiger partial charge in [-0.15, -0.1) is 0 Å². The van der Waals surface area contributed by atoms with Gasteiger partial charge in [-0.05, 0) is 40.0 Å². The van der Waals surface area contributed by atoms with Gasteiger partial charge in [-0.1, -0.05) is 6.07 Å². The number of alkyl halides is 3. The molecule has 1 aromatic carbocycles. The molecule has 1 nitrogen and oxygen atoms in total. The van der Waals surface area contributed by atoms with Gasteiger partial charge in [0, 0.05) is 12.5 Å². The second-order valence-corrected chi connectivity index (χ2v) is 4.29. The van der Waals surface area contributed by atoms with Crippen LogP contribution in [0.4, 0.5) is 17.6 Å². The van der Waals surface area contributed by atoms with Crippen LogP contribution in [0.3, 0.4) is 0 Å². The lowest BCUT2D eigenvalue weighted by atomic mass is 10.0. The van der Waals surface area contributed by atoms with Crippen LogP contribution in [-0.4, -0.2) is 6.18 Å². The van der Waals surface area contributed by atoms with Gasteiger partial charge in [-0.3, -0.25) is 0 Å². The van der Waals surface area contributed by atoms with Gasteiger partial charge in [0.2, 0.25) is 0 Å². The van der Waals surface area contributed by atoms with Crippen molar-refractivity contribution in [1.82, 2.24) is 0 Å². The van der Waals surface area contributed by atoms with E-state index >= 15 is 0 Å². The van der Waals surface area contributed by atoms with E-state index in [0.717, 1.165) is 0 Å². The molecule has 0 heterocycles. The van der Waals surface area contributed by atoms with Crippen LogP contribution in [0.25, 0.3) is 0 Å². The summed E-state index contributed by atoms with van der Waals surface area (Å²) in [6.07, 6.45) is -5.36. The Labute approximate surface area is 98.8 Å². The SMILES string of the molecule is N[C@@H](CCC(F)(F)F)c1ccc(F)c(Br)c1. The van der Waals surface area contributed by atoms with E-state index in [0.29, 0.717) is 5.56 Å². The Balaban J connectivity index is 2.66. The fraction of sp³-hybridized carbons (Fsp3) is 0.400. The molecule has 1 aromatic rings. The second-order valence-electron chi connectivity index (χ2n) is 3.43. The minimum Gasteiger partial charge on any atom is -0.324 e. The topological polar surface area (TPSA) is 26.0 Å². The molecule has 0 aliphatic carbocycles. The van der Waals surface area contributed by atoms with Gasteiger partial charge in [0.1, 0.15) is 5.82 Å². The van der Waals surface area contributed by atoms with Crippen molar-refractivity contribution < 1.29 is 17.6 Å². The Hall–Kier alpha value is -0.620. The monoisotopic (exact) mass is 299 g/mol. The average Bonchev–Trinajstić information content (AvgIpc) is 2.17. The average molecular weight is 300 g/mol. The third-order valence-electron chi connectivity index (χ3n) is 2.11. The molecule has 0 unspecified atom stereocenters. The van der Waals surface area contributed by atoms with Crippen molar-refractivity contribution in [3.63, 3.8) is 0 Å². The third kappa shape index (κ3) is 4.09. The Kier molecular flexibility index (Phi) is 4.32. The number of halogens is 5. The zero-order valence-corrected chi connectivity index (χ0v) is 9.78. The van der Waals surface area contributed by atoms with Crippen LogP contribution in [-0.2, 0) is 0 Å². The molecule has 1 atom stereocenters. The lowest BCUT2D eigenvalue weighted by molar-refractivity contribution is -0.136. The molecule has 2 N–H and O–H groups in total. The number of rotatable bonds is 3. The number of hydrogen-bond donors (Lipinski definition) is 1. The van der Waals surface area contributed by atoms with Crippen molar-refractivity contribution in [3.05, 3.63) is 34.1 Å². The molecule has 6 heteroatoms. The maximum atomic E-state index is 12.9. The van der Waals surface area contributed by atoms with Gasteiger partial charge in [0.15, 0.2) is 0 Å². The van der Waals surface area contributed by atoms with Crippen LogP contribution >= 0.6 is 15.9 Å². The molecule has 0 saturated heterocycles. The van der Waals surface area contributed by atoms with Gasteiger partial charge in [-0.25, -0.2) is 4.39 Å². The quantitative estimate of drug-likeness (QED) is 0.841. The zero-order chi connectivity index (χ0) is 12.3. The van der Waals surface area contributed by atoms with E-state index in [2.05, 4.69) is 15.9 Å². The third-order valence-corrected chi connectivity index (χ3v) is 2.72. The minimum absolute atomic E-state index is 0.201. The van der Waals surface area contributed by atoms with Crippen molar-refractivity contribution in [2.75, 3.05) is 0 Å². The summed E-state index contributed by atoms with van der Waals surface area (Å²) in [6, 6.07) is 3.23. The van der Waals surface area contributed by atoms with E-state index in [-0.39, 0.29) is 10.9 Å². The summed E-state index contributed by atoms with van der Waals surface area (Å²) in [5.74, 6) is -0.466. The Bertz CT molecular complexity index is 364. The van der Waals surface area contributed by atoms with Crippen LogP contribution in [0, 0.1) is 5.82 Å². The predicted molar refractivity (Wildman–Crippen MR) is 56.3 cm³/mol. The van der Waals surface area contributed by atoms with E-state index in [1.165, 1.54) is 18.2 Å². The molecule has 0 saturated carbocycles. The van der Waals surface area contributed by atoms with E-state index < -0.39 is 24.5 Å². The van der Waals surface area contributed by atoms with Crippen molar-refractivity contribution >= 4 is 15.9 Å². The first kappa shape index (κ1) is 13.4. The number of nitrogens with two attached hydrogens (primary N) is 1. The van der Waals surface area contributed by atoms with Gasteiger partial charge in [0.25, 0.3) is 0 Å². The van der Waals surface area contributed by atoms with E-state index in [4.69, 9.17) is 5.73 Å². The molecule has 90 valence electrons. The first-order valence-electron chi connectivity index (χ1n) is 4.57. The van der Waals surface area contributed by atoms with E-state index in [1.54, 1.807) is 0 Å². The molecule has 0 radical (unpaired) electrons. The van der Waals surface area contributed by atoms with Gasteiger partial charge >= 0.3 is 6.18 Å². The van der Waals surface area contributed by atoms with Crippen LogP contribution in [0.15, 0.2) is 22.7 Å². The molecule has 0 fully saturated rings. The van der Waals surface area contributed by atoms with Crippen molar-refractivity contribution in [2.24, 2.45) is 5.73 Å². The lowest BCUT2D eigenvalue weighted by Gasteiger charge is -2.13. The largest absolute Gasteiger partial charge is 0.389 e. The Morgan fingerprint density at radius 1 is 1.31 bits per heavy atom. The normalized spacial score (nSPS) is 13.9. The number of benzene rings is 1. The molecule has 0 spiro atoms. The fourth-order valence-electron chi connectivity index (χ4n) is 1.23. The fourth-order valence-corrected chi connectivity index (χ4v) is 1.63. The summed E-state index contributed by atoms with van der Waals surface area (Å²) >= 11 is 2.95. The zero-order valence-electron chi connectivity index (χ0n) is 8.19. The Morgan fingerprint density at radius 3 is 2.44 bits per heavy atom. The molecule has 0 aliphatic rings. The standard InChI is InChI=1S/C10H10BrF4N/c11-7-5-6(1-2-8(7)12)9(16)3-4-10(13,14)15/h1-2,5,9H,3-4,16H2/t9-/m0/s1. The molecule has 0 aliphatic heterocycles. The van der Waals surface area contributed by atoms with Gasteiger partial charge in [-0.2, -0.15) is 13.2 Å². The predicted octanol–water partition coefficient (Wildman–Crippen LogP) is 3.93. The molecule has 0 amide bonds. The molecule has 0 bridgehead atoms. The molecular weight excluding hydrogens is 290 g/mol. The highest BCUT2D eigenvalue weighted by Crippen LogP contribution is 2.27. The maximum absolute atomic E-state index is 12.9. The first-order valence-corrected chi connectivity index (χ1v) is 5.36. The summed E-state index contributed by atoms with van der Waals surface area (Å²) < 4.78 is 48.9. The van der Waals surface area contributed by atoms with Crippen LogP contribution in [0.1, 0.15) is 24.4 Å². The summed E-state index contributed by atoms with van der Waals surface area (Å²) in [6.45, 7) is 0. The molecular formula is C10H10BrF4N. The van der Waals surface area contributed by atoms with Gasteiger partial charge in [0.05, 0.1) is 4.47 Å². The van der Waals surface area contributed by atoms with E-state index in [9.17, 15) is 17.6 Å². The highest BCUT2D eigenvalue weighted by atomic mass is 79.9. The highest BCUT2D eigenvalue weighted by molar-refractivity contribution is 9.10. The second kappa shape index (κ2) is 5.14. The first-order chi connectivity index (χ1) is 7.29. The minimum atomic E-state index is -4.21. The summed E-state index contributed by atoms with van der Waals surface area (Å²) in [7, 11) is 0. The van der Waals surface area contributed by atoms with Crippen molar-refractivity contribution in [2.45, 2.75) is 25.1 Å². The van der Waals surface area contributed by atoms with Gasteiger partial charge < -0.3 is 5.73 Å². The van der Waals surface area contributed by atoms with Crippen LogP contribution in [0.5, 0.6) is 0 Å². The smallest absolute Gasteiger partial charge is 0.324 e. The van der Waals surface area contributed by atoms with Crippen LogP contribution in [0.2, 0.25) is 0 Å². The molecule has 1 rings (SSSR count). The number of hydrogen-bond acceptors (Lipinski definition) is 1. The molecule has 16 heavy (non-hydrogen) atoms. The van der Waals surface area contributed by atoms with E-state index in [1.807, 2.05) is 0 Å². The highest BCUT2D eigenvalue weighted by Gasteiger charge is 2.27. The summed E-state index contributed by atoms with van der Waals surface area (Å²) in [5.41, 5.74) is 6.06.